The van der Waals surface area contributed by atoms with Gasteiger partial charge in [-0.1, -0.05) is 18.2 Å². The highest BCUT2D eigenvalue weighted by atomic mass is 16.7. The average molecular weight is 428 g/mol. The van der Waals surface area contributed by atoms with E-state index in [9.17, 15) is 0 Å². The molecule has 0 saturated carbocycles. The zero-order valence-electron chi connectivity index (χ0n) is 18.0. The van der Waals surface area contributed by atoms with Crippen molar-refractivity contribution >= 4 is 5.52 Å². The van der Waals surface area contributed by atoms with E-state index in [0.29, 0.717) is 6.79 Å². The number of fused-ring (bicyclic) bond motifs is 2. The van der Waals surface area contributed by atoms with Crippen LogP contribution in [0.3, 0.4) is 0 Å². The summed E-state index contributed by atoms with van der Waals surface area (Å²) in [6.07, 6.45) is 7.75. The molecule has 162 valence electrons. The van der Waals surface area contributed by atoms with Gasteiger partial charge in [0.25, 0.3) is 0 Å². The van der Waals surface area contributed by atoms with E-state index in [4.69, 9.17) is 14.5 Å². The van der Waals surface area contributed by atoms with Gasteiger partial charge in [0.1, 0.15) is 0 Å². The van der Waals surface area contributed by atoms with Crippen molar-refractivity contribution in [2.45, 2.75) is 12.6 Å². The van der Waals surface area contributed by atoms with Crippen molar-refractivity contribution in [3.63, 3.8) is 0 Å². The maximum atomic E-state index is 5.55. The second-order valence-electron chi connectivity index (χ2n) is 8.50. The molecule has 5 heterocycles. The van der Waals surface area contributed by atoms with Crippen molar-refractivity contribution in [2.24, 2.45) is 0 Å². The summed E-state index contributed by atoms with van der Waals surface area (Å²) in [5, 5.41) is 0. The molecule has 7 heteroatoms. The lowest BCUT2D eigenvalue weighted by Gasteiger charge is -2.39. The highest BCUT2D eigenvalue weighted by Gasteiger charge is 2.29. The molecule has 0 bridgehead atoms. The summed E-state index contributed by atoms with van der Waals surface area (Å²) in [7, 11) is 2.19. The molecule has 7 nitrogen and oxygen atoms in total. The molecule has 0 amide bonds. The molecule has 0 spiro atoms. The predicted octanol–water partition coefficient (Wildman–Crippen LogP) is 3.61. The Balaban J connectivity index is 1.24. The molecular formula is C25H25N5O2. The smallest absolute Gasteiger partial charge is 0.231 e. The van der Waals surface area contributed by atoms with Crippen LogP contribution in [0, 0.1) is 0 Å². The maximum Gasteiger partial charge on any atom is 0.231 e. The summed E-state index contributed by atoms with van der Waals surface area (Å²) in [5.74, 6) is 1.68. The fourth-order valence-corrected chi connectivity index (χ4v) is 4.65. The minimum atomic E-state index is 0.243. The Kier molecular flexibility index (Phi) is 4.78. The Morgan fingerprint density at radius 3 is 2.88 bits per heavy atom. The number of imidazole rings is 1. The fraction of sp³-hybridized carbons (Fsp3) is 0.280. The molecule has 2 aliphatic rings. The molecule has 0 unspecified atom stereocenters. The number of benzene rings is 1. The zero-order chi connectivity index (χ0) is 21.5. The average Bonchev–Trinajstić information content (AvgIpc) is 3.47. The summed E-state index contributed by atoms with van der Waals surface area (Å²) >= 11 is 0. The normalized spacial score (nSPS) is 19.0. The first-order chi connectivity index (χ1) is 15.7. The minimum absolute atomic E-state index is 0.243. The van der Waals surface area contributed by atoms with Gasteiger partial charge in [0.2, 0.25) is 6.79 Å². The summed E-state index contributed by atoms with van der Waals surface area (Å²) in [6.45, 7) is 4.16. The van der Waals surface area contributed by atoms with E-state index in [2.05, 4.69) is 62.8 Å². The SMILES string of the molecule is CN1CCN(Cc2ccc3c(c2)OCO3)C[C@@H]1c1ncn2cc(-c3cccnc3)ccc12. The van der Waals surface area contributed by atoms with Crippen LogP contribution in [0.4, 0.5) is 0 Å². The molecule has 6 rings (SSSR count). The molecule has 2 aliphatic heterocycles. The van der Waals surface area contributed by atoms with Gasteiger partial charge in [-0.3, -0.25) is 14.8 Å². The number of piperazine rings is 1. The molecule has 1 saturated heterocycles. The van der Waals surface area contributed by atoms with Crippen LogP contribution in [0.1, 0.15) is 17.3 Å². The number of nitrogens with zero attached hydrogens (tertiary/aromatic N) is 5. The van der Waals surface area contributed by atoms with Gasteiger partial charge in [-0.15, -0.1) is 0 Å². The van der Waals surface area contributed by atoms with E-state index >= 15 is 0 Å². The number of likely N-dealkylation sites (N-methyl/N-ethyl adjacent to an activating group) is 1. The third kappa shape index (κ3) is 3.49. The van der Waals surface area contributed by atoms with E-state index in [-0.39, 0.29) is 6.04 Å². The first kappa shape index (κ1) is 19.3. The molecule has 0 aliphatic carbocycles. The van der Waals surface area contributed by atoms with Crippen LogP contribution in [-0.2, 0) is 6.54 Å². The van der Waals surface area contributed by atoms with Crippen molar-refractivity contribution in [1.29, 1.82) is 0 Å². The molecule has 1 aromatic carbocycles. The standard InChI is InChI=1S/C25H25N5O2/c1-28-9-10-29(13-18-4-7-23-24(11-18)32-17-31-23)15-22(28)25-21-6-5-20(14-30(21)16-27-25)19-3-2-8-26-12-19/h2-8,11-12,14,16,22H,9-10,13,15,17H2,1H3/t22-/m1/s1. The zero-order valence-corrected chi connectivity index (χ0v) is 18.0. The first-order valence-electron chi connectivity index (χ1n) is 10.9. The Bertz CT molecular complexity index is 1260. The Hall–Kier alpha value is -3.42. The molecule has 0 N–H and O–H groups in total. The van der Waals surface area contributed by atoms with E-state index in [1.807, 2.05) is 24.7 Å². The van der Waals surface area contributed by atoms with Crippen LogP contribution in [-0.4, -0.2) is 57.6 Å². The second-order valence-corrected chi connectivity index (χ2v) is 8.50. The van der Waals surface area contributed by atoms with Gasteiger partial charge in [0.15, 0.2) is 11.5 Å². The van der Waals surface area contributed by atoms with Crippen LogP contribution in [0.2, 0.25) is 0 Å². The summed E-state index contributed by atoms with van der Waals surface area (Å²) in [4.78, 5) is 14.0. The molecular weight excluding hydrogens is 402 g/mol. The van der Waals surface area contributed by atoms with Crippen LogP contribution in [0.15, 0.2) is 67.4 Å². The first-order valence-corrected chi connectivity index (χ1v) is 10.9. The molecule has 32 heavy (non-hydrogen) atoms. The van der Waals surface area contributed by atoms with E-state index in [1.54, 1.807) is 6.20 Å². The van der Waals surface area contributed by atoms with Crippen molar-refractivity contribution in [2.75, 3.05) is 33.5 Å². The van der Waals surface area contributed by atoms with Gasteiger partial charge >= 0.3 is 0 Å². The summed E-state index contributed by atoms with van der Waals surface area (Å²) < 4.78 is 13.1. The number of rotatable bonds is 4. The number of pyridine rings is 2. The lowest BCUT2D eigenvalue weighted by Crippen LogP contribution is -2.46. The topological polar surface area (TPSA) is 55.1 Å². The van der Waals surface area contributed by atoms with Crippen LogP contribution in [0.25, 0.3) is 16.6 Å². The monoisotopic (exact) mass is 427 g/mol. The van der Waals surface area contributed by atoms with Crippen LogP contribution >= 0.6 is 0 Å². The molecule has 3 aromatic heterocycles. The predicted molar refractivity (Wildman–Crippen MR) is 122 cm³/mol. The van der Waals surface area contributed by atoms with E-state index in [0.717, 1.165) is 60.0 Å². The minimum Gasteiger partial charge on any atom is -0.454 e. The molecule has 1 fully saturated rings. The third-order valence-corrected chi connectivity index (χ3v) is 6.45. The molecule has 4 aromatic rings. The van der Waals surface area contributed by atoms with Crippen molar-refractivity contribution < 1.29 is 9.47 Å². The Morgan fingerprint density at radius 1 is 1.03 bits per heavy atom. The second kappa shape index (κ2) is 7.93. The lowest BCUT2D eigenvalue weighted by atomic mass is 10.1. The number of hydrogen-bond donors (Lipinski definition) is 0. The quantitative estimate of drug-likeness (QED) is 0.496. The number of aromatic nitrogens is 3. The van der Waals surface area contributed by atoms with Crippen LogP contribution < -0.4 is 9.47 Å². The van der Waals surface area contributed by atoms with Gasteiger partial charge in [0, 0.05) is 50.3 Å². The number of ether oxygens (including phenoxy) is 2. The lowest BCUT2D eigenvalue weighted by molar-refractivity contribution is 0.0892. The fourth-order valence-electron chi connectivity index (χ4n) is 4.65. The summed E-state index contributed by atoms with van der Waals surface area (Å²) in [6, 6.07) is 14.9. The highest BCUT2D eigenvalue weighted by molar-refractivity contribution is 5.66. The number of hydrogen-bond acceptors (Lipinski definition) is 6. The Morgan fingerprint density at radius 2 is 1.97 bits per heavy atom. The van der Waals surface area contributed by atoms with Crippen molar-refractivity contribution in [3.8, 4) is 22.6 Å². The van der Waals surface area contributed by atoms with E-state index < -0.39 is 0 Å². The van der Waals surface area contributed by atoms with Gasteiger partial charge in [-0.2, -0.15) is 0 Å². The largest absolute Gasteiger partial charge is 0.454 e. The van der Waals surface area contributed by atoms with Gasteiger partial charge < -0.3 is 13.9 Å². The third-order valence-electron chi connectivity index (χ3n) is 6.45. The van der Waals surface area contributed by atoms with Gasteiger partial charge in [0.05, 0.1) is 23.6 Å². The van der Waals surface area contributed by atoms with Crippen LogP contribution in [0.5, 0.6) is 11.5 Å². The highest BCUT2D eigenvalue weighted by Crippen LogP contribution is 2.34. The van der Waals surface area contributed by atoms with Crippen molar-refractivity contribution in [1.82, 2.24) is 24.2 Å². The van der Waals surface area contributed by atoms with E-state index in [1.165, 1.54) is 5.56 Å². The molecule has 0 radical (unpaired) electrons. The van der Waals surface area contributed by atoms with Gasteiger partial charge in [-0.05, 0) is 42.4 Å². The van der Waals surface area contributed by atoms with Gasteiger partial charge in [-0.25, -0.2) is 4.98 Å². The maximum absolute atomic E-state index is 5.55. The summed E-state index contributed by atoms with van der Waals surface area (Å²) in [5.41, 5.74) is 5.76. The molecule has 1 atom stereocenters. The Labute approximate surface area is 186 Å². The van der Waals surface area contributed by atoms with Crippen molar-refractivity contribution in [3.05, 3.63) is 78.6 Å².